The van der Waals surface area contributed by atoms with E-state index in [4.69, 9.17) is 13.9 Å². The Morgan fingerprint density at radius 1 is 1.00 bits per heavy atom. The quantitative estimate of drug-likeness (QED) is 0.720. The Kier molecular flexibility index (Phi) is 4.92. The van der Waals surface area contributed by atoms with Gasteiger partial charge in [-0.25, -0.2) is 0 Å². The zero-order valence-corrected chi connectivity index (χ0v) is 12.1. The molecule has 0 atom stereocenters. The third-order valence-electron chi connectivity index (χ3n) is 3.34. The van der Waals surface area contributed by atoms with Crippen LogP contribution in [-0.2, 0) is 17.9 Å². The average Bonchev–Trinajstić information content (AvgIpc) is 3.25. The number of hydrogen-bond donors (Lipinski definition) is 1. The molecule has 0 radical (unpaired) electrons. The largest absolute Gasteiger partial charge is 0.491 e. The van der Waals surface area contributed by atoms with Gasteiger partial charge in [-0.05, 0) is 37.1 Å². The molecule has 4 nitrogen and oxygen atoms in total. The minimum Gasteiger partial charge on any atom is -0.491 e. The highest BCUT2D eigenvalue weighted by Gasteiger charge is 2.20. The first-order valence-corrected chi connectivity index (χ1v) is 7.47. The summed E-state index contributed by atoms with van der Waals surface area (Å²) in [4.78, 5) is 0. The van der Waals surface area contributed by atoms with Crippen molar-refractivity contribution in [3.8, 4) is 5.75 Å². The Balaban J connectivity index is 1.30. The fourth-order valence-electron chi connectivity index (χ4n) is 2.04. The van der Waals surface area contributed by atoms with Crippen LogP contribution in [0.3, 0.4) is 0 Å². The molecule has 3 rings (SSSR count). The molecule has 1 fully saturated rings. The van der Waals surface area contributed by atoms with Gasteiger partial charge in [0.15, 0.2) is 0 Å². The van der Waals surface area contributed by atoms with Gasteiger partial charge in [0.1, 0.15) is 30.5 Å². The van der Waals surface area contributed by atoms with Crippen molar-refractivity contribution in [1.29, 1.82) is 0 Å². The molecule has 1 aromatic carbocycles. The first kappa shape index (κ1) is 14.2. The molecule has 4 heteroatoms. The van der Waals surface area contributed by atoms with E-state index in [1.807, 2.05) is 42.5 Å². The molecular weight excluding hydrogens is 266 g/mol. The second-order valence-electron chi connectivity index (χ2n) is 5.24. The number of rotatable bonds is 9. The second-order valence-corrected chi connectivity index (χ2v) is 5.24. The van der Waals surface area contributed by atoms with E-state index in [-0.39, 0.29) is 0 Å². The lowest BCUT2D eigenvalue weighted by Crippen LogP contribution is -2.14. The fraction of sp³-hybridized carbons (Fsp3) is 0.412. The van der Waals surface area contributed by atoms with Gasteiger partial charge >= 0.3 is 0 Å². The van der Waals surface area contributed by atoms with E-state index in [2.05, 4.69) is 5.32 Å². The molecule has 0 aliphatic heterocycles. The summed E-state index contributed by atoms with van der Waals surface area (Å²) in [6.45, 7) is 2.38. The summed E-state index contributed by atoms with van der Waals surface area (Å²) >= 11 is 0. The van der Waals surface area contributed by atoms with E-state index in [0.29, 0.717) is 25.9 Å². The minimum absolute atomic E-state index is 0.488. The van der Waals surface area contributed by atoms with E-state index < -0.39 is 0 Å². The van der Waals surface area contributed by atoms with Crippen LogP contribution in [0.15, 0.2) is 46.9 Å². The number of ether oxygens (including phenoxy) is 2. The number of hydrogen-bond acceptors (Lipinski definition) is 4. The van der Waals surface area contributed by atoms with Crippen LogP contribution in [0.1, 0.15) is 24.4 Å². The zero-order chi connectivity index (χ0) is 14.3. The molecule has 21 heavy (non-hydrogen) atoms. The summed E-state index contributed by atoms with van der Waals surface area (Å²) in [5.74, 6) is 2.70. The van der Waals surface area contributed by atoms with Crippen molar-refractivity contribution in [3.05, 3.63) is 54.0 Å². The summed E-state index contributed by atoms with van der Waals surface area (Å²) in [6.07, 6.45) is 2.58. The van der Waals surface area contributed by atoms with Gasteiger partial charge in [0.05, 0.1) is 13.2 Å². The Bertz CT molecular complexity index is 534. The molecule has 0 saturated heterocycles. The predicted molar refractivity (Wildman–Crippen MR) is 80.2 cm³/mol. The maximum atomic E-state index is 5.70. The van der Waals surface area contributed by atoms with Crippen LogP contribution in [0.4, 0.5) is 0 Å². The summed E-state index contributed by atoms with van der Waals surface area (Å²) in [6, 6.07) is 14.4. The molecule has 0 spiro atoms. The lowest BCUT2D eigenvalue weighted by molar-refractivity contribution is 0.0774. The summed E-state index contributed by atoms with van der Waals surface area (Å²) in [5, 5.41) is 3.43. The highest BCUT2D eigenvalue weighted by molar-refractivity contribution is 5.20. The van der Waals surface area contributed by atoms with Crippen LogP contribution in [0.25, 0.3) is 0 Å². The maximum Gasteiger partial charge on any atom is 0.129 e. The zero-order valence-electron chi connectivity index (χ0n) is 12.1. The number of nitrogens with one attached hydrogen (secondary N) is 1. The van der Waals surface area contributed by atoms with E-state index in [9.17, 15) is 0 Å². The number of benzene rings is 1. The minimum atomic E-state index is 0.488. The monoisotopic (exact) mass is 287 g/mol. The van der Waals surface area contributed by atoms with E-state index in [0.717, 1.165) is 23.8 Å². The highest BCUT2D eigenvalue weighted by atomic mass is 16.5. The van der Waals surface area contributed by atoms with Crippen LogP contribution in [0.5, 0.6) is 5.75 Å². The number of para-hydroxylation sites is 1. The highest BCUT2D eigenvalue weighted by Crippen LogP contribution is 2.19. The standard InChI is InChI=1S/C17H21NO3/c1-2-4-15(5-3-1)20-11-10-19-13-17-9-8-16(21-17)12-18-14-6-7-14/h1-5,8-9,14,18H,6-7,10-13H2. The first-order valence-electron chi connectivity index (χ1n) is 7.47. The lowest BCUT2D eigenvalue weighted by atomic mass is 10.3. The Morgan fingerprint density at radius 3 is 2.62 bits per heavy atom. The third kappa shape index (κ3) is 4.92. The van der Waals surface area contributed by atoms with Crippen molar-refractivity contribution in [1.82, 2.24) is 5.32 Å². The van der Waals surface area contributed by atoms with Crippen molar-refractivity contribution in [2.24, 2.45) is 0 Å². The molecule has 1 aliphatic carbocycles. The van der Waals surface area contributed by atoms with Crippen LogP contribution in [0, 0.1) is 0 Å². The van der Waals surface area contributed by atoms with Crippen molar-refractivity contribution in [3.63, 3.8) is 0 Å². The number of furan rings is 1. The predicted octanol–water partition coefficient (Wildman–Crippen LogP) is 3.13. The summed E-state index contributed by atoms with van der Waals surface area (Å²) in [5.41, 5.74) is 0. The Morgan fingerprint density at radius 2 is 1.81 bits per heavy atom. The topological polar surface area (TPSA) is 43.6 Å². The van der Waals surface area contributed by atoms with Crippen LogP contribution >= 0.6 is 0 Å². The van der Waals surface area contributed by atoms with Gasteiger partial charge in [0, 0.05) is 6.04 Å². The maximum absolute atomic E-state index is 5.70. The van der Waals surface area contributed by atoms with Gasteiger partial charge in [0.2, 0.25) is 0 Å². The molecule has 1 aromatic heterocycles. The molecular formula is C17H21NO3. The van der Waals surface area contributed by atoms with Crippen molar-refractivity contribution in [2.75, 3.05) is 13.2 Å². The lowest BCUT2D eigenvalue weighted by Gasteiger charge is -2.06. The molecule has 2 aromatic rings. The van der Waals surface area contributed by atoms with E-state index in [1.165, 1.54) is 12.8 Å². The second kappa shape index (κ2) is 7.29. The van der Waals surface area contributed by atoms with Crippen molar-refractivity contribution in [2.45, 2.75) is 32.0 Å². The molecule has 0 unspecified atom stereocenters. The van der Waals surface area contributed by atoms with Crippen molar-refractivity contribution >= 4 is 0 Å². The molecule has 1 N–H and O–H groups in total. The van der Waals surface area contributed by atoms with Crippen LogP contribution in [0.2, 0.25) is 0 Å². The van der Waals surface area contributed by atoms with Gasteiger partial charge in [-0.2, -0.15) is 0 Å². The van der Waals surface area contributed by atoms with Crippen LogP contribution < -0.4 is 10.1 Å². The molecule has 1 saturated carbocycles. The van der Waals surface area contributed by atoms with Gasteiger partial charge in [0.25, 0.3) is 0 Å². The normalized spacial score (nSPS) is 14.3. The summed E-state index contributed by atoms with van der Waals surface area (Å²) in [7, 11) is 0. The SMILES string of the molecule is c1ccc(OCCOCc2ccc(CNC3CC3)o2)cc1. The molecule has 1 aliphatic rings. The molecule has 0 amide bonds. The summed E-state index contributed by atoms with van der Waals surface area (Å²) < 4.78 is 16.8. The van der Waals surface area contributed by atoms with E-state index in [1.54, 1.807) is 0 Å². The van der Waals surface area contributed by atoms with E-state index >= 15 is 0 Å². The van der Waals surface area contributed by atoms with Gasteiger partial charge in [-0.3, -0.25) is 0 Å². The van der Waals surface area contributed by atoms with Crippen LogP contribution in [-0.4, -0.2) is 19.3 Å². The molecule has 1 heterocycles. The molecule has 0 bridgehead atoms. The molecule has 112 valence electrons. The van der Waals surface area contributed by atoms with Gasteiger partial charge < -0.3 is 19.2 Å². The van der Waals surface area contributed by atoms with Gasteiger partial charge in [-0.1, -0.05) is 18.2 Å². The van der Waals surface area contributed by atoms with Crippen molar-refractivity contribution < 1.29 is 13.9 Å². The Hall–Kier alpha value is -1.78. The van der Waals surface area contributed by atoms with Gasteiger partial charge in [-0.15, -0.1) is 0 Å². The average molecular weight is 287 g/mol. The first-order chi connectivity index (χ1) is 10.4. The fourth-order valence-corrected chi connectivity index (χ4v) is 2.04. The Labute approximate surface area is 125 Å². The smallest absolute Gasteiger partial charge is 0.129 e. The third-order valence-corrected chi connectivity index (χ3v) is 3.34.